The molecule has 17 heavy (non-hydrogen) atoms. The molecule has 1 saturated heterocycles. The topological polar surface area (TPSA) is 47.9 Å². The van der Waals surface area contributed by atoms with Crippen LogP contribution in [0, 0.1) is 5.41 Å². The first-order valence-corrected chi connectivity index (χ1v) is 6.59. The Morgan fingerprint density at radius 1 is 1.41 bits per heavy atom. The minimum Gasteiger partial charge on any atom is -0.496 e. The van der Waals surface area contributed by atoms with Gasteiger partial charge in [0, 0.05) is 11.0 Å². The van der Waals surface area contributed by atoms with Crippen LogP contribution >= 0.6 is 8.60 Å². The molecule has 1 unspecified atom stereocenters. The van der Waals surface area contributed by atoms with Crippen LogP contribution in [0.2, 0.25) is 0 Å². The molecule has 1 heterocycles. The summed E-state index contributed by atoms with van der Waals surface area (Å²) in [4.78, 5) is 9.52. The second kappa shape index (κ2) is 4.91. The van der Waals surface area contributed by atoms with Gasteiger partial charge in [0.1, 0.15) is 11.9 Å². The van der Waals surface area contributed by atoms with Crippen LogP contribution < -0.4 is 4.74 Å². The highest BCUT2D eigenvalue weighted by molar-refractivity contribution is 7.40. The number of methoxy groups -OCH3 is 1. The van der Waals surface area contributed by atoms with Crippen LogP contribution in [0.15, 0.2) is 24.3 Å². The van der Waals surface area contributed by atoms with Crippen molar-refractivity contribution in [2.24, 2.45) is 5.41 Å². The van der Waals surface area contributed by atoms with Crippen LogP contribution in [-0.2, 0) is 9.05 Å². The lowest BCUT2D eigenvalue weighted by Crippen LogP contribution is -2.32. The molecule has 0 aromatic heterocycles. The van der Waals surface area contributed by atoms with Gasteiger partial charge in [0.25, 0.3) is 0 Å². The summed E-state index contributed by atoms with van der Waals surface area (Å²) in [5.41, 5.74) is 0.751. The fourth-order valence-electron chi connectivity index (χ4n) is 1.92. The maximum atomic E-state index is 9.52. The van der Waals surface area contributed by atoms with Crippen LogP contribution in [0.3, 0.4) is 0 Å². The van der Waals surface area contributed by atoms with E-state index in [1.165, 1.54) is 0 Å². The van der Waals surface area contributed by atoms with Crippen LogP contribution in [0.5, 0.6) is 5.75 Å². The minimum atomic E-state index is -1.79. The van der Waals surface area contributed by atoms with Gasteiger partial charge in [-0.15, -0.1) is 0 Å². The Bertz CT molecular complexity index is 394. The Labute approximate surface area is 103 Å². The smallest absolute Gasteiger partial charge is 0.330 e. The Balaban J connectivity index is 2.36. The van der Waals surface area contributed by atoms with Crippen molar-refractivity contribution in [1.82, 2.24) is 0 Å². The fraction of sp³-hybridized carbons (Fsp3) is 0.500. The third kappa shape index (κ3) is 2.61. The Hall–Kier alpha value is -0.670. The van der Waals surface area contributed by atoms with Crippen molar-refractivity contribution in [1.29, 1.82) is 0 Å². The molecule has 1 aromatic carbocycles. The maximum absolute atomic E-state index is 9.52. The molecule has 1 N–H and O–H groups in total. The van der Waals surface area contributed by atoms with Crippen LogP contribution in [-0.4, -0.2) is 18.6 Å². The van der Waals surface area contributed by atoms with Crippen molar-refractivity contribution in [3.8, 4) is 5.75 Å². The second-order valence-electron chi connectivity index (χ2n) is 4.73. The van der Waals surface area contributed by atoms with Gasteiger partial charge in [-0.2, -0.15) is 0 Å². The number of rotatable bonds is 2. The third-order valence-electron chi connectivity index (χ3n) is 2.87. The largest absolute Gasteiger partial charge is 0.496 e. The molecule has 2 atom stereocenters. The zero-order valence-electron chi connectivity index (χ0n) is 10.2. The van der Waals surface area contributed by atoms with Gasteiger partial charge in [0.15, 0.2) is 0 Å². The summed E-state index contributed by atoms with van der Waals surface area (Å²) in [5.74, 6) is 0.774. The molecular formula is C12H17O4P. The van der Waals surface area contributed by atoms with Crippen molar-refractivity contribution in [2.75, 3.05) is 13.7 Å². The van der Waals surface area contributed by atoms with Gasteiger partial charge in [-0.05, 0) is 6.07 Å². The first-order chi connectivity index (χ1) is 8.04. The van der Waals surface area contributed by atoms with E-state index in [0.717, 1.165) is 11.3 Å². The number of benzene rings is 1. The highest BCUT2D eigenvalue weighted by Crippen LogP contribution is 2.54. The van der Waals surface area contributed by atoms with Gasteiger partial charge >= 0.3 is 8.60 Å². The second-order valence-corrected chi connectivity index (χ2v) is 5.67. The van der Waals surface area contributed by atoms with Crippen molar-refractivity contribution in [3.05, 3.63) is 29.8 Å². The fourth-order valence-corrected chi connectivity index (χ4v) is 3.00. The monoisotopic (exact) mass is 256 g/mol. The van der Waals surface area contributed by atoms with Crippen LogP contribution in [0.4, 0.5) is 0 Å². The molecule has 0 bridgehead atoms. The summed E-state index contributed by atoms with van der Waals surface area (Å²) in [6.07, 6.45) is -0.219. The van der Waals surface area contributed by atoms with Crippen molar-refractivity contribution < 1.29 is 18.7 Å². The highest BCUT2D eigenvalue weighted by Gasteiger charge is 2.40. The van der Waals surface area contributed by atoms with E-state index in [9.17, 15) is 4.89 Å². The molecule has 0 saturated carbocycles. The molecule has 0 amide bonds. The molecular weight excluding hydrogens is 239 g/mol. The van der Waals surface area contributed by atoms with Gasteiger partial charge in [-0.25, -0.2) is 0 Å². The van der Waals surface area contributed by atoms with Crippen molar-refractivity contribution in [2.45, 2.75) is 20.0 Å². The summed E-state index contributed by atoms with van der Waals surface area (Å²) in [7, 11) is -0.154. The summed E-state index contributed by atoms with van der Waals surface area (Å²) in [6, 6.07) is 7.70. The summed E-state index contributed by atoms with van der Waals surface area (Å²) in [6.45, 7) is 4.57. The normalized spacial score (nSPS) is 27.8. The van der Waals surface area contributed by atoms with E-state index in [1.807, 2.05) is 38.1 Å². The van der Waals surface area contributed by atoms with Gasteiger partial charge < -0.3 is 18.7 Å². The predicted octanol–water partition coefficient (Wildman–Crippen LogP) is 3.03. The zero-order chi connectivity index (χ0) is 12.5. The first-order valence-electron chi connectivity index (χ1n) is 5.46. The first kappa shape index (κ1) is 12.8. The lowest BCUT2D eigenvalue weighted by Gasteiger charge is -2.39. The molecule has 1 aliphatic rings. The maximum Gasteiger partial charge on any atom is 0.330 e. The summed E-state index contributed by atoms with van der Waals surface area (Å²) < 4.78 is 16.1. The van der Waals surface area contributed by atoms with Gasteiger partial charge in [-0.1, -0.05) is 32.0 Å². The van der Waals surface area contributed by atoms with Crippen molar-refractivity contribution >= 4 is 8.60 Å². The summed E-state index contributed by atoms with van der Waals surface area (Å²) in [5, 5.41) is 0. The van der Waals surface area contributed by atoms with Gasteiger partial charge in [-0.3, -0.25) is 0 Å². The van der Waals surface area contributed by atoms with E-state index in [4.69, 9.17) is 13.8 Å². The molecule has 5 heteroatoms. The molecule has 4 nitrogen and oxygen atoms in total. The average molecular weight is 256 g/mol. The minimum absolute atomic E-state index is 0.198. The molecule has 2 rings (SSSR count). The third-order valence-corrected chi connectivity index (χ3v) is 3.61. The molecule has 1 aromatic rings. The Kier molecular flexibility index (Phi) is 3.69. The van der Waals surface area contributed by atoms with Gasteiger partial charge in [0.05, 0.1) is 13.7 Å². The lowest BCUT2D eigenvalue weighted by molar-refractivity contribution is -0.0287. The molecule has 0 spiro atoms. The molecule has 0 aliphatic carbocycles. The number of hydrogen-bond acceptors (Lipinski definition) is 4. The van der Waals surface area contributed by atoms with E-state index in [1.54, 1.807) is 7.11 Å². The molecule has 0 radical (unpaired) electrons. The van der Waals surface area contributed by atoms with Crippen molar-refractivity contribution in [3.63, 3.8) is 0 Å². The average Bonchev–Trinajstić information content (AvgIpc) is 2.32. The highest BCUT2D eigenvalue weighted by atomic mass is 31.2. The van der Waals surface area contributed by atoms with Crippen LogP contribution in [0.25, 0.3) is 0 Å². The molecule has 1 aliphatic heterocycles. The lowest BCUT2D eigenvalue weighted by atomic mass is 9.83. The van der Waals surface area contributed by atoms with E-state index < -0.39 is 8.60 Å². The summed E-state index contributed by atoms with van der Waals surface area (Å²) >= 11 is 0. The number of ether oxygens (including phenoxy) is 1. The van der Waals surface area contributed by atoms with E-state index >= 15 is 0 Å². The number of hydrogen-bond donors (Lipinski definition) is 1. The predicted molar refractivity (Wildman–Crippen MR) is 65.7 cm³/mol. The molecule has 1 fully saturated rings. The Morgan fingerprint density at radius 3 is 2.82 bits per heavy atom. The zero-order valence-corrected chi connectivity index (χ0v) is 11.1. The van der Waals surface area contributed by atoms with Crippen LogP contribution in [0.1, 0.15) is 25.5 Å². The number of para-hydroxylation sites is 1. The van der Waals surface area contributed by atoms with E-state index in [-0.39, 0.29) is 11.5 Å². The SMILES string of the molecule is COc1ccccc1[C@H]1OP(O)OCC1(C)C. The van der Waals surface area contributed by atoms with Gasteiger partial charge in [0.2, 0.25) is 0 Å². The standard InChI is InChI=1S/C12H17O4P/c1-12(2)8-15-17(13)16-11(12)9-6-4-5-7-10(9)14-3/h4-7,11,13H,8H2,1-3H3/t11-,17?/m1/s1. The molecule has 94 valence electrons. The quantitative estimate of drug-likeness (QED) is 0.826. The van der Waals surface area contributed by atoms with E-state index in [2.05, 4.69) is 0 Å². The van der Waals surface area contributed by atoms with E-state index in [0.29, 0.717) is 6.61 Å². The Morgan fingerprint density at radius 2 is 2.12 bits per heavy atom.